The molecule has 0 aromatic rings. The smallest absolute Gasteiger partial charge is 0.242 e. The van der Waals surface area contributed by atoms with Gasteiger partial charge in [0.1, 0.15) is 5.88 Å². The molecule has 98 valence electrons. The Morgan fingerprint density at radius 1 is 1.35 bits per heavy atom. The van der Waals surface area contributed by atoms with Crippen LogP contribution >= 0.6 is 11.6 Å². The van der Waals surface area contributed by atoms with Crippen molar-refractivity contribution in [3.8, 4) is 0 Å². The molecule has 2 amide bonds. The van der Waals surface area contributed by atoms with Crippen molar-refractivity contribution in [2.45, 2.75) is 12.5 Å². The van der Waals surface area contributed by atoms with Crippen LogP contribution in [0, 0.1) is 0 Å². The van der Waals surface area contributed by atoms with Gasteiger partial charge in [-0.1, -0.05) is 0 Å². The fraction of sp³-hybridized carbons (Fsp3) is 0.818. The number of likely N-dealkylation sites (tertiary alicyclic amines) is 1. The normalized spacial score (nSPS) is 20.4. The summed E-state index contributed by atoms with van der Waals surface area (Å²) in [6.45, 7) is 2.01. The number of nitrogens with zero attached hydrogens (tertiary/aromatic N) is 3. The molecule has 1 unspecified atom stereocenters. The summed E-state index contributed by atoms with van der Waals surface area (Å²) in [6, 6.07) is 0.256. The van der Waals surface area contributed by atoms with E-state index in [2.05, 4.69) is 4.90 Å². The van der Waals surface area contributed by atoms with Gasteiger partial charge in [-0.05, 0) is 20.0 Å². The van der Waals surface area contributed by atoms with Crippen LogP contribution in [0.3, 0.4) is 0 Å². The van der Waals surface area contributed by atoms with Crippen LogP contribution in [0.5, 0.6) is 0 Å². The van der Waals surface area contributed by atoms with E-state index in [-0.39, 0.29) is 30.3 Å². The monoisotopic (exact) mass is 261 g/mol. The average molecular weight is 262 g/mol. The number of alkyl halides is 1. The molecule has 1 saturated heterocycles. The average Bonchev–Trinajstić information content (AvgIpc) is 2.73. The van der Waals surface area contributed by atoms with Crippen LogP contribution in [0.2, 0.25) is 0 Å². The van der Waals surface area contributed by atoms with Crippen molar-refractivity contribution in [1.82, 2.24) is 14.7 Å². The molecule has 0 bridgehead atoms. The van der Waals surface area contributed by atoms with Gasteiger partial charge in [-0.3, -0.25) is 9.59 Å². The summed E-state index contributed by atoms with van der Waals surface area (Å²) in [5, 5.41) is 0. The van der Waals surface area contributed by atoms with E-state index < -0.39 is 0 Å². The fourth-order valence-electron chi connectivity index (χ4n) is 1.94. The summed E-state index contributed by atoms with van der Waals surface area (Å²) >= 11 is 5.43. The van der Waals surface area contributed by atoms with Crippen LogP contribution < -0.4 is 0 Å². The number of hydrogen-bond acceptors (Lipinski definition) is 3. The minimum absolute atomic E-state index is 0.0359. The number of halogens is 1. The molecule has 5 nitrogen and oxygen atoms in total. The van der Waals surface area contributed by atoms with Crippen LogP contribution in [0.15, 0.2) is 0 Å². The molecule has 0 aromatic heterocycles. The highest BCUT2D eigenvalue weighted by Gasteiger charge is 2.27. The molecule has 0 N–H and O–H groups in total. The maximum atomic E-state index is 11.9. The minimum Gasteiger partial charge on any atom is -0.340 e. The topological polar surface area (TPSA) is 43.9 Å². The second-order valence-electron chi connectivity index (χ2n) is 4.59. The lowest BCUT2D eigenvalue weighted by Gasteiger charge is -2.26. The first-order chi connectivity index (χ1) is 7.95. The van der Waals surface area contributed by atoms with Crippen molar-refractivity contribution < 1.29 is 9.59 Å². The Bertz CT molecular complexity index is 298. The molecular weight excluding hydrogens is 242 g/mol. The zero-order chi connectivity index (χ0) is 13.0. The van der Waals surface area contributed by atoms with Crippen molar-refractivity contribution in [2.24, 2.45) is 0 Å². The Labute approximate surface area is 107 Å². The van der Waals surface area contributed by atoms with Crippen LogP contribution in [-0.4, -0.2) is 79.2 Å². The van der Waals surface area contributed by atoms with Crippen molar-refractivity contribution >= 4 is 23.4 Å². The summed E-state index contributed by atoms with van der Waals surface area (Å²) in [4.78, 5) is 28.5. The fourth-order valence-corrected chi connectivity index (χ4v) is 2.14. The van der Waals surface area contributed by atoms with E-state index in [1.54, 1.807) is 19.0 Å². The van der Waals surface area contributed by atoms with E-state index in [0.29, 0.717) is 0 Å². The zero-order valence-electron chi connectivity index (χ0n) is 10.6. The third-order valence-corrected chi connectivity index (χ3v) is 3.45. The lowest BCUT2D eigenvalue weighted by atomic mass is 10.2. The molecule has 0 aromatic carbocycles. The summed E-state index contributed by atoms with van der Waals surface area (Å²) in [7, 11) is 5.43. The third-order valence-electron chi connectivity index (χ3n) is 3.22. The SMILES string of the molecule is CN1CCC(N(C)C(=O)CN(C)C(=O)CCl)C1. The molecule has 0 spiro atoms. The minimum atomic E-state index is -0.225. The second kappa shape index (κ2) is 6.21. The molecule has 1 aliphatic heterocycles. The number of hydrogen-bond donors (Lipinski definition) is 0. The molecule has 1 heterocycles. The number of amides is 2. The summed E-state index contributed by atoms with van der Waals surface area (Å²) in [5.41, 5.74) is 0. The number of carbonyl (C=O) groups is 2. The molecule has 1 rings (SSSR count). The van der Waals surface area contributed by atoms with Gasteiger partial charge in [-0.15, -0.1) is 11.6 Å². The number of rotatable bonds is 4. The van der Waals surface area contributed by atoms with Gasteiger partial charge in [0.15, 0.2) is 0 Å². The Balaban J connectivity index is 2.44. The van der Waals surface area contributed by atoms with Crippen molar-refractivity contribution in [2.75, 3.05) is 46.7 Å². The first kappa shape index (κ1) is 14.3. The van der Waals surface area contributed by atoms with Crippen LogP contribution in [-0.2, 0) is 9.59 Å². The summed E-state index contributed by atoms with van der Waals surface area (Å²) in [5.74, 6) is -0.345. The second-order valence-corrected chi connectivity index (χ2v) is 4.86. The highest BCUT2D eigenvalue weighted by molar-refractivity contribution is 6.27. The summed E-state index contributed by atoms with van der Waals surface area (Å²) in [6.07, 6.45) is 0.992. The quantitative estimate of drug-likeness (QED) is 0.661. The number of carbonyl (C=O) groups excluding carboxylic acids is 2. The first-order valence-electron chi connectivity index (χ1n) is 5.69. The van der Waals surface area contributed by atoms with Gasteiger partial charge in [-0.25, -0.2) is 0 Å². The van der Waals surface area contributed by atoms with Gasteiger partial charge in [0, 0.05) is 26.7 Å². The lowest BCUT2D eigenvalue weighted by Crippen LogP contribution is -2.45. The van der Waals surface area contributed by atoms with Crippen LogP contribution in [0.25, 0.3) is 0 Å². The van der Waals surface area contributed by atoms with E-state index in [1.807, 2.05) is 7.05 Å². The Morgan fingerprint density at radius 3 is 2.47 bits per heavy atom. The van der Waals surface area contributed by atoms with Gasteiger partial charge in [-0.2, -0.15) is 0 Å². The van der Waals surface area contributed by atoms with Gasteiger partial charge in [0.25, 0.3) is 0 Å². The van der Waals surface area contributed by atoms with Gasteiger partial charge < -0.3 is 14.7 Å². The van der Waals surface area contributed by atoms with E-state index in [1.165, 1.54) is 4.90 Å². The van der Waals surface area contributed by atoms with Gasteiger partial charge in [0.2, 0.25) is 11.8 Å². The number of likely N-dealkylation sites (N-methyl/N-ethyl adjacent to an activating group) is 3. The standard InChI is InChI=1S/C11H20ClN3O2/c1-13-5-4-9(7-13)15(3)11(17)8-14(2)10(16)6-12/h9H,4-8H2,1-3H3. The van der Waals surface area contributed by atoms with E-state index in [4.69, 9.17) is 11.6 Å². The van der Waals surface area contributed by atoms with Crippen molar-refractivity contribution in [3.63, 3.8) is 0 Å². The van der Waals surface area contributed by atoms with Crippen LogP contribution in [0.1, 0.15) is 6.42 Å². The molecule has 0 aliphatic carbocycles. The van der Waals surface area contributed by atoms with E-state index >= 15 is 0 Å². The molecule has 17 heavy (non-hydrogen) atoms. The first-order valence-corrected chi connectivity index (χ1v) is 6.23. The maximum absolute atomic E-state index is 11.9. The van der Waals surface area contributed by atoms with Crippen LogP contribution in [0.4, 0.5) is 0 Å². The maximum Gasteiger partial charge on any atom is 0.242 e. The molecule has 0 radical (unpaired) electrons. The largest absolute Gasteiger partial charge is 0.340 e. The summed E-state index contributed by atoms with van der Waals surface area (Å²) < 4.78 is 0. The van der Waals surface area contributed by atoms with Gasteiger partial charge >= 0.3 is 0 Å². The molecule has 6 heteroatoms. The zero-order valence-corrected chi connectivity index (χ0v) is 11.4. The lowest BCUT2D eigenvalue weighted by molar-refractivity contribution is -0.138. The van der Waals surface area contributed by atoms with Crippen molar-refractivity contribution in [1.29, 1.82) is 0 Å². The highest BCUT2D eigenvalue weighted by atomic mass is 35.5. The Morgan fingerprint density at radius 2 is 2.00 bits per heavy atom. The predicted molar refractivity (Wildman–Crippen MR) is 67.0 cm³/mol. The van der Waals surface area contributed by atoms with E-state index in [0.717, 1.165) is 19.5 Å². The molecular formula is C11H20ClN3O2. The highest BCUT2D eigenvalue weighted by Crippen LogP contribution is 2.12. The van der Waals surface area contributed by atoms with E-state index in [9.17, 15) is 9.59 Å². The molecule has 1 atom stereocenters. The molecule has 1 fully saturated rings. The molecule has 0 saturated carbocycles. The predicted octanol–water partition coefficient (Wildman–Crippen LogP) is -0.154. The van der Waals surface area contributed by atoms with Gasteiger partial charge in [0.05, 0.1) is 6.54 Å². The molecule has 1 aliphatic rings. The Kier molecular flexibility index (Phi) is 5.21. The third kappa shape index (κ3) is 3.85. The Hall–Kier alpha value is -0.810. The van der Waals surface area contributed by atoms with Crippen molar-refractivity contribution in [3.05, 3.63) is 0 Å².